The Hall–Kier alpha value is -2.97. The van der Waals surface area contributed by atoms with Crippen LogP contribution >= 0.6 is 11.9 Å². The highest BCUT2D eigenvalue weighted by molar-refractivity contribution is 7.97. The molecular formula is C28H28FN3O2S2. The van der Waals surface area contributed by atoms with Gasteiger partial charge in [0, 0.05) is 30.0 Å². The molecule has 0 atom stereocenters. The predicted molar refractivity (Wildman–Crippen MR) is 143 cm³/mol. The molecule has 0 saturated heterocycles. The Morgan fingerprint density at radius 2 is 1.67 bits per heavy atom. The Morgan fingerprint density at radius 3 is 2.36 bits per heavy atom. The van der Waals surface area contributed by atoms with E-state index in [2.05, 4.69) is 9.97 Å². The normalized spacial score (nSPS) is 14.7. The third-order valence-electron chi connectivity index (χ3n) is 6.76. The fourth-order valence-corrected chi connectivity index (χ4v) is 7.44. The summed E-state index contributed by atoms with van der Waals surface area (Å²) in [6.07, 6.45) is 13.6. The molecule has 2 aromatic carbocycles. The number of pyridine rings is 1. The average molecular weight is 522 g/mol. The van der Waals surface area contributed by atoms with Gasteiger partial charge in [0.1, 0.15) is 12.1 Å². The molecule has 2 heterocycles. The van der Waals surface area contributed by atoms with Gasteiger partial charge in [-0.1, -0.05) is 43.5 Å². The van der Waals surface area contributed by atoms with Crippen molar-refractivity contribution in [1.29, 1.82) is 0 Å². The van der Waals surface area contributed by atoms with Gasteiger partial charge < -0.3 is 0 Å². The summed E-state index contributed by atoms with van der Waals surface area (Å²) in [6.45, 7) is 0. The lowest BCUT2D eigenvalue weighted by Gasteiger charge is -2.28. The number of imidazole rings is 1. The van der Waals surface area contributed by atoms with E-state index < -0.39 is 9.84 Å². The molecule has 1 saturated carbocycles. The van der Waals surface area contributed by atoms with Crippen LogP contribution in [-0.2, 0) is 15.6 Å². The standard InChI is InChI=1S/C28H28FN3O2S2/c1-36(33,34)28-23(18-35-32-19-31-17-26(32)21-13-15-30-16-14-21)9-12-25(20-7-10-24(29)11-8-20)27(28)22-5-3-2-4-6-22/h7-17,19,22H,2-6,18H2,1H3. The summed E-state index contributed by atoms with van der Waals surface area (Å²) in [5.41, 5.74) is 5.32. The SMILES string of the molecule is CS(=O)(=O)c1c(CSn2cncc2-c2ccncc2)ccc(-c2ccc(F)cc2)c1C1CCCCC1. The van der Waals surface area contributed by atoms with Crippen molar-refractivity contribution < 1.29 is 12.8 Å². The number of nitrogens with zero attached hydrogens (tertiary/aromatic N) is 3. The number of benzene rings is 2. The second kappa shape index (κ2) is 10.6. The Bertz CT molecular complexity index is 1450. The van der Waals surface area contributed by atoms with Crippen LogP contribution < -0.4 is 0 Å². The summed E-state index contributed by atoms with van der Waals surface area (Å²) in [6, 6.07) is 14.1. The third-order valence-corrected chi connectivity index (χ3v) is 8.99. The van der Waals surface area contributed by atoms with Crippen molar-refractivity contribution in [2.45, 2.75) is 48.7 Å². The molecule has 0 bridgehead atoms. The molecular weight excluding hydrogens is 493 g/mol. The van der Waals surface area contributed by atoms with E-state index in [0.29, 0.717) is 10.6 Å². The summed E-state index contributed by atoms with van der Waals surface area (Å²) in [5, 5.41) is 0. The highest BCUT2D eigenvalue weighted by atomic mass is 32.2. The van der Waals surface area contributed by atoms with Gasteiger partial charge in [0.25, 0.3) is 0 Å². The van der Waals surface area contributed by atoms with Crippen molar-refractivity contribution in [1.82, 2.24) is 13.9 Å². The Labute approximate surface area is 215 Å². The van der Waals surface area contributed by atoms with Crippen LogP contribution in [0, 0.1) is 5.82 Å². The molecule has 0 spiro atoms. The van der Waals surface area contributed by atoms with Crippen molar-refractivity contribution in [3.63, 3.8) is 0 Å². The number of aromatic nitrogens is 3. The van der Waals surface area contributed by atoms with Gasteiger partial charge in [0.15, 0.2) is 9.84 Å². The monoisotopic (exact) mass is 521 g/mol. The first kappa shape index (κ1) is 24.7. The zero-order valence-electron chi connectivity index (χ0n) is 20.1. The van der Waals surface area contributed by atoms with Gasteiger partial charge >= 0.3 is 0 Å². The molecule has 186 valence electrons. The van der Waals surface area contributed by atoms with Gasteiger partial charge in [0.2, 0.25) is 0 Å². The quantitative estimate of drug-likeness (QED) is 0.265. The molecule has 8 heteroatoms. The fourth-order valence-electron chi connectivity index (χ4n) is 5.12. The maximum atomic E-state index is 13.7. The Balaban J connectivity index is 1.58. The van der Waals surface area contributed by atoms with Gasteiger partial charge in [-0.3, -0.25) is 8.96 Å². The van der Waals surface area contributed by atoms with Gasteiger partial charge in [-0.15, -0.1) is 0 Å². The predicted octanol–water partition coefficient (Wildman–Crippen LogP) is 6.90. The van der Waals surface area contributed by atoms with E-state index >= 15 is 0 Å². The third kappa shape index (κ3) is 5.25. The maximum Gasteiger partial charge on any atom is 0.176 e. The van der Waals surface area contributed by atoms with E-state index in [0.717, 1.165) is 59.2 Å². The fraction of sp³-hybridized carbons (Fsp3) is 0.286. The Kier molecular flexibility index (Phi) is 7.25. The van der Waals surface area contributed by atoms with Crippen LogP contribution in [0.5, 0.6) is 0 Å². The van der Waals surface area contributed by atoms with Crippen molar-refractivity contribution >= 4 is 21.8 Å². The first-order valence-electron chi connectivity index (χ1n) is 12.1. The van der Waals surface area contributed by atoms with Gasteiger partial charge in [-0.2, -0.15) is 0 Å². The molecule has 4 aromatic rings. The topological polar surface area (TPSA) is 64.8 Å². The van der Waals surface area contributed by atoms with Gasteiger partial charge in [-0.05, 0) is 77.2 Å². The zero-order chi connectivity index (χ0) is 25.1. The van der Waals surface area contributed by atoms with Gasteiger partial charge in [-0.25, -0.2) is 17.8 Å². The molecule has 0 unspecified atom stereocenters. The average Bonchev–Trinajstić information content (AvgIpc) is 3.37. The minimum absolute atomic E-state index is 0.161. The van der Waals surface area contributed by atoms with E-state index in [-0.39, 0.29) is 11.7 Å². The summed E-state index contributed by atoms with van der Waals surface area (Å²) < 4.78 is 42.3. The second-order valence-electron chi connectivity index (χ2n) is 9.24. The largest absolute Gasteiger partial charge is 0.272 e. The van der Waals surface area contributed by atoms with Gasteiger partial charge in [0.05, 0.1) is 16.8 Å². The van der Waals surface area contributed by atoms with Crippen molar-refractivity contribution in [2.24, 2.45) is 0 Å². The zero-order valence-corrected chi connectivity index (χ0v) is 21.7. The lowest BCUT2D eigenvalue weighted by Crippen LogP contribution is -2.14. The first-order chi connectivity index (χ1) is 17.4. The van der Waals surface area contributed by atoms with E-state index in [1.807, 2.05) is 28.2 Å². The van der Waals surface area contributed by atoms with Crippen LogP contribution in [0.1, 0.15) is 49.1 Å². The summed E-state index contributed by atoms with van der Waals surface area (Å²) in [5.74, 6) is 0.328. The molecule has 5 rings (SSSR count). The highest BCUT2D eigenvalue weighted by Gasteiger charge is 2.29. The number of rotatable bonds is 7. The minimum Gasteiger partial charge on any atom is -0.272 e. The molecule has 0 N–H and O–H groups in total. The number of sulfone groups is 1. The first-order valence-corrected chi connectivity index (χ1v) is 14.9. The molecule has 36 heavy (non-hydrogen) atoms. The molecule has 2 aromatic heterocycles. The lowest BCUT2D eigenvalue weighted by atomic mass is 9.80. The number of halogens is 1. The number of hydrogen-bond acceptors (Lipinski definition) is 5. The molecule has 1 aliphatic carbocycles. The summed E-state index contributed by atoms with van der Waals surface area (Å²) in [4.78, 5) is 8.82. The molecule has 0 aliphatic heterocycles. The number of hydrogen-bond donors (Lipinski definition) is 0. The molecule has 1 fully saturated rings. The maximum absolute atomic E-state index is 13.7. The van der Waals surface area contributed by atoms with Crippen LogP contribution in [0.25, 0.3) is 22.4 Å². The lowest BCUT2D eigenvalue weighted by molar-refractivity contribution is 0.439. The van der Waals surface area contributed by atoms with Crippen LogP contribution in [0.4, 0.5) is 4.39 Å². The Morgan fingerprint density at radius 1 is 0.944 bits per heavy atom. The molecule has 0 amide bonds. The minimum atomic E-state index is -3.53. The van der Waals surface area contributed by atoms with Crippen molar-refractivity contribution in [2.75, 3.05) is 6.26 Å². The van der Waals surface area contributed by atoms with Crippen LogP contribution in [-0.4, -0.2) is 28.6 Å². The summed E-state index contributed by atoms with van der Waals surface area (Å²) in [7, 11) is -3.53. The molecule has 0 radical (unpaired) electrons. The van der Waals surface area contributed by atoms with E-state index in [1.165, 1.54) is 36.8 Å². The highest BCUT2D eigenvalue weighted by Crippen LogP contribution is 2.43. The van der Waals surface area contributed by atoms with Crippen LogP contribution in [0.3, 0.4) is 0 Å². The summed E-state index contributed by atoms with van der Waals surface area (Å²) >= 11 is 1.51. The molecule has 1 aliphatic rings. The van der Waals surface area contributed by atoms with Crippen molar-refractivity contribution in [3.05, 3.63) is 90.4 Å². The second-order valence-corrected chi connectivity index (χ2v) is 12.1. The van der Waals surface area contributed by atoms with Crippen LogP contribution in [0.15, 0.2) is 78.3 Å². The molecule has 5 nitrogen and oxygen atoms in total. The van der Waals surface area contributed by atoms with E-state index in [9.17, 15) is 12.8 Å². The van der Waals surface area contributed by atoms with Crippen molar-refractivity contribution in [3.8, 4) is 22.4 Å². The smallest absolute Gasteiger partial charge is 0.176 e. The van der Waals surface area contributed by atoms with Crippen LogP contribution in [0.2, 0.25) is 0 Å². The van der Waals surface area contributed by atoms with E-state index in [4.69, 9.17) is 0 Å². The van der Waals surface area contributed by atoms with E-state index in [1.54, 1.807) is 37.1 Å².